The molecule has 1 aromatic heterocycles. The molecule has 0 aliphatic heterocycles. The number of aryl methyl sites for hydroxylation is 2. The molecule has 3 heteroatoms. The monoisotopic (exact) mass is 221 g/mol. The zero-order chi connectivity index (χ0) is 11.4. The fourth-order valence-corrected chi connectivity index (χ4v) is 2.29. The molecule has 1 unspecified atom stereocenters. The Labute approximate surface area is 98.3 Å². The molecule has 3 nitrogen and oxygen atoms in total. The van der Waals surface area contributed by atoms with Gasteiger partial charge in [-0.25, -0.2) is 4.98 Å². The Morgan fingerprint density at radius 2 is 2.38 bits per heavy atom. The highest BCUT2D eigenvalue weighted by Gasteiger charge is 2.25. The number of nitrogens with one attached hydrogen (secondary N) is 1. The van der Waals surface area contributed by atoms with Crippen LogP contribution in [0.4, 0.5) is 0 Å². The first kappa shape index (κ1) is 11.6. The lowest BCUT2D eigenvalue weighted by molar-refractivity contribution is 0.437. The van der Waals surface area contributed by atoms with E-state index in [1.165, 1.54) is 31.5 Å². The SMILES string of the molecule is CCNC(CCc1nccn1C)CC1CC1. The number of nitrogens with zero attached hydrogens (tertiary/aromatic N) is 2. The zero-order valence-corrected chi connectivity index (χ0v) is 10.4. The Morgan fingerprint density at radius 3 is 2.94 bits per heavy atom. The molecule has 0 amide bonds. The van der Waals surface area contributed by atoms with Gasteiger partial charge in [-0.05, 0) is 25.3 Å². The highest BCUT2D eigenvalue weighted by atomic mass is 15.0. The van der Waals surface area contributed by atoms with E-state index in [0.717, 1.165) is 18.9 Å². The van der Waals surface area contributed by atoms with Crippen LogP contribution in [0.1, 0.15) is 38.4 Å². The number of rotatable bonds is 7. The van der Waals surface area contributed by atoms with Crippen molar-refractivity contribution in [2.45, 2.75) is 45.1 Å². The van der Waals surface area contributed by atoms with Crippen LogP contribution in [-0.4, -0.2) is 22.1 Å². The number of hydrogen-bond donors (Lipinski definition) is 1. The summed E-state index contributed by atoms with van der Waals surface area (Å²) in [5.74, 6) is 2.21. The van der Waals surface area contributed by atoms with Crippen LogP contribution in [0.15, 0.2) is 12.4 Å². The third-order valence-corrected chi connectivity index (χ3v) is 3.44. The molecule has 90 valence electrons. The summed E-state index contributed by atoms with van der Waals surface area (Å²) in [4.78, 5) is 4.38. The molecule has 1 aliphatic carbocycles. The van der Waals surface area contributed by atoms with E-state index in [0.29, 0.717) is 6.04 Å². The van der Waals surface area contributed by atoms with Crippen molar-refractivity contribution >= 4 is 0 Å². The summed E-state index contributed by atoms with van der Waals surface area (Å²) in [6, 6.07) is 0.689. The van der Waals surface area contributed by atoms with E-state index in [1.807, 2.05) is 12.4 Å². The Kier molecular flexibility index (Phi) is 3.99. The fourth-order valence-electron chi connectivity index (χ4n) is 2.29. The summed E-state index contributed by atoms with van der Waals surface area (Å²) in [6.45, 7) is 3.28. The van der Waals surface area contributed by atoms with Crippen LogP contribution in [0.2, 0.25) is 0 Å². The van der Waals surface area contributed by atoms with Gasteiger partial charge in [0.2, 0.25) is 0 Å². The summed E-state index contributed by atoms with van der Waals surface area (Å²) >= 11 is 0. The van der Waals surface area contributed by atoms with Crippen LogP contribution in [0.25, 0.3) is 0 Å². The minimum Gasteiger partial charge on any atom is -0.338 e. The third-order valence-electron chi connectivity index (χ3n) is 3.44. The van der Waals surface area contributed by atoms with E-state index in [2.05, 4.69) is 28.8 Å². The molecule has 1 N–H and O–H groups in total. The predicted molar refractivity (Wildman–Crippen MR) is 66.3 cm³/mol. The van der Waals surface area contributed by atoms with Crippen molar-refractivity contribution < 1.29 is 0 Å². The molecule has 0 radical (unpaired) electrons. The number of aromatic nitrogens is 2. The first-order valence-corrected chi connectivity index (χ1v) is 6.49. The summed E-state index contributed by atoms with van der Waals surface area (Å²) in [5.41, 5.74) is 0. The molecule has 0 bridgehead atoms. The van der Waals surface area contributed by atoms with Crippen molar-refractivity contribution in [2.24, 2.45) is 13.0 Å². The van der Waals surface area contributed by atoms with E-state index in [-0.39, 0.29) is 0 Å². The van der Waals surface area contributed by atoms with Crippen LogP contribution in [0.5, 0.6) is 0 Å². The molecule has 0 aromatic carbocycles. The lowest BCUT2D eigenvalue weighted by atomic mass is 10.0. The molecule has 1 atom stereocenters. The maximum Gasteiger partial charge on any atom is 0.108 e. The van der Waals surface area contributed by atoms with E-state index in [4.69, 9.17) is 0 Å². The van der Waals surface area contributed by atoms with Crippen molar-refractivity contribution in [2.75, 3.05) is 6.54 Å². The van der Waals surface area contributed by atoms with Gasteiger partial charge in [-0.3, -0.25) is 0 Å². The van der Waals surface area contributed by atoms with Gasteiger partial charge in [-0.2, -0.15) is 0 Å². The summed E-state index contributed by atoms with van der Waals surface area (Å²) in [5, 5.41) is 3.60. The summed E-state index contributed by atoms with van der Waals surface area (Å²) in [7, 11) is 2.07. The van der Waals surface area contributed by atoms with Gasteiger partial charge in [0.1, 0.15) is 5.82 Å². The smallest absolute Gasteiger partial charge is 0.108 e. The molecule has 2 rings (SSSR count). The molecule has 1 fully saturated rings. The zero-order valence-electron chi connectivity index (χ0n) is 10.4. The predicted octanol–water partition coefficient (Wildman–Crippen LogP) is 2.13. The molecular weight excluding hydrogens is 198 g/mol. The quantitative estimate of drug-likeness (QED) is 0.764. The molecule has 16 heavy (non-hydrogen) atoms. The lowest BCUT2D eigenvalue weighted by Crippen LogP contribution is -2.30. The molecule has 1 aromatic rings. The van der Waals surface area contributed by atoms with Gasteiger partial charge >= 0.3 is 0 Å². The van der Waals surface area contributed by atoms with Crippen LogP contribution in [0, 0.1) is 5.92 Å². The van der Waals surface area contributed by atoms with Crippen LogP contribution < -0.4 is 5.32 Å². The maximum absolute atomic E-state index is 4.38. The standard InChI is InChI=1S/C13H23N3/c1-3-14-12(10-11-4-5-11)6-7-13-15-8-9-16(13)2/h8-9,11-12,14H,3-7,10H2,1-2H3. The Balaban J connectivity index is 1.78. The van der Waals surface area contributed by atoms with Crippen molar-refractivity contribution in [3.8, 4) is 0 Å². The van der Waals surface area contributed by atoms with E-state index < -0.39 is 0 Å². The highest BCUT2D eigenvalue weighted by Crippen LogP contribution is 2.34. The summed E-state index contributed by atoms with van der Waals surface area (Å²) in [6.07, 6.45) is 10.5. The molecule has 0 spiro atoms. The Hall–Kier alpha value is -0.830. The van der Waals surface area contributed by atoms with Gasteiger partial charge in [0.15, 0.2) is 0 Å². The van der Waals surface area contributed by atoms with Gasteiger partial charge in [-0.15, -0.1) is 0 Å². The van der Waals surface area contributed by atoms with Crippen LogP contribution in [-0.2, 0) is 13.5 Å². The molecule has 1 aliphatic rings. The minimum atomic E-state index is 0.689. The van der Waals surface area contributed by atoms with Gasteiger partial charge < -0.3 is 9.88 Å². The first-order chi connectivity index (χ1) is 7.79. The van der Waals surface area contributed by atoms with Crippen LogP contribution in [0.3, 0.4) is 0 Å². The van der Waals surface area contributed by atoms with Crippen molar-refractivity contribution in [3.05, 3.63) is 18.2 Å². The normalized spacial score (nSPS) is 17.6. The van der Waals surface area contributed by atoms with Gasteiger partial charge in [0.25, 0.3) is 0 Å². The van der Waals surface area contributed by atoms with Crippen LogP contribution >= 0.6 is 0 Å². The highest BCUT2D eigenvalue weighted by molar-refractivity contribution is 4.92. The topological polar surface area (TPSA) is 29.9 Å². The number of imidazole rings is 1. The van der Waals surface area contributed by atoms with E-state index >= 15 is 0 Å². The molecule has 0 saturated heterocycles. The first-order valence-electron chi connectivity index (χ1n) is 6.49. The second-order valence-electron chi connectivity index (χ2n) is 4.93. The van der Waals surface area contributed by atoms with Gasteiger partial charge in [0, 0.05) is 31.9 Å². The maximum atomic E-state index is 4.38. The second-order valence-corrected chi connectivity index (χ2v) is 4.93. The second kappa shape index (κ2) is 5.48. The lowest BCUT2D eigenvalue weighted by Gasteiger charge is -2.17. The Morgan fingerprint density at radius 1 is 1.56 bits per heavy atom. The van der Waals surface area contributed by atoms with Crippen molar-refractivity contribution in [3.63, 3.8) is 0 Å². The average Bonchev–Trinajstić information content (AvgIpc) is 2.98. The van der Waals surface area contributed by atoms with E-state index in [9.17, 15) is 0 Å². The minimum absolute atomic E-state index is 0.689. The van der Waals surface area contributed by atoms with Crippen molar-refractivity contribution in [1.29, 1.82) is 0 Å². The largest absolute Gasteiger partial charge is 0.338 e. The van der Waals surface area contributed by atoms with Crippen molar-refractivity contribution in [1.82, 2.24) is 14.9 Å². The number of hydrogen-bond acceptors (Lipinski definition) is 2. The van der Waals surface area contributed by atoms with E-state index in [1.54, 1.807) is 0 Å². The summed E-state index contributed by atoms with van der Waals surface area (Å²) < 4.78 is 2.13. The van der Waals surface area contributed by atoms with Gasteiger partial charge in [0.05, 0.1) is 0 Å². The fraction of sp³-hybridized carbons (Fsp3) is 0.769. The molecule has 1 heterocycles. The molecular formula is C13H23N3. The molecule has 1 saturated carbocycles. The Bertz CT molecular complexity index is 315. The van der Waals surface area contributed by atoms with Gasteiger partial charge in [-0.1, -0.05) is 19.8 Å². The third kappa shape index (κ3) is 3.34. The average molecular weight is 221 g/mol.